The summed E-state index contributed by atoms with van der Waals surface area (Å²) in [7, 11) is 0. The lowest BCUT2D eigenvalue weighted by atomic mass is 9.74. The number of carbonyl (C=O) groups is 1. The van der Waals surface area contributed by atoms with E-state index in [1.807, 2.05) is 6.20 Å². The van der Waals surface area contributed by atoms with E-state index in [9.17, 15) is 4.79 Å². The van der Waals surface area contributed by atoms with Crippen molar-refractivity contribution in [2.45, 2.75) is 90.6 Å². The van der Waals surface area contributed by atoms with Crippen molar-refractivity contribution in [1.82, 2.24) is 15.3 Å². The van der Waals surface area contributed by atoms with Crippen LogP contribution >= 0.6 is 0 Å². The van der Waals surface area contributed by atoms with Crippen LogP contribution in [-0.4, -0.2) is 53.9 Å². The zero-order valence-corrected chi connectivity index (χ0v) is 18.8. The monoisotopic (exact) mass is 416 g/mol. The molecule has 0 spiro atoms. The van der Waals surface area contributed by atoms with Crippen LogP contribution in [0.5, 0.6) is 0 Å². The Hall–Kier alpha value is -1.73. The maximum Gasteiger partial charge on any atom is 0.225 e. The fourth-order valence-corrected chi connectivity index (χ4v) is 5.09. The second kappa shape index (κ2) is 8.79. The molecule has 1 aliphatic carbocycles. The van der Waals surface area contributed by atoms with Crippen molar-refractivity contribution in [2.24, 2.45) is 5.41 Å². The number of ether oxygens (including phenoxy) is 2. The summed E-state index contributed by atoms with van der Waals surface area (Å²) >= 11 is 0. The molecule has 0 saturated carbocycles. The average Bonchev–Trinajstić information content (AvgIpc) is 2.66. The molecule has 2 aliphatic heterocycles. The van der Waals surface area contributed by atoms with E-state index in [-0.39, 0.29) is 35.7 Å². The molecule has 1 amide bonds. The predicted molar refractivity (Wildman–Crippen MR) is 115 cm³/mol. The molecule has 2 saturated heterocycles. The molecule has 2 fully saturated rings. The Bertz CT molecular complexity index is 753. The van der Waals surface area contributed by atoms with Crippen molar-refractivity contribution in [3.05, 3.63) is 17.5 Å². The number of aromatic nitrogens is 2. The van der Waals surface area contributed by atoms with E-state index < -0.39 is 0 Å². The summed E-state index contributed by atoms with van der Waals surface area (Å²) in [5.74, 6) is 0.838. The van der Waals surface area contributed by atoms with E-state index >= 15 is 0 Å². The molecular weight excluding hydrogens is 380 g/mol. The summed E-state index contributed by atoms with van der Waals surface area (Å²) in [6.45, 7) is 11.0. The second-order valence-electron chi connectivity index (χ2n) is 10.1. The van der Waals surface area contributed by atoms with Gasteiger partial charge in [-0.1, -0.05) is 13.8 Å². The van der Waals surface area contributed by atoms with Crippen LogP contribution < -0.4 is 10.2 Å². The fourth-order valence-electron chi connectivity index (χ4n) is 5.09. The topological polar surface area (TPSA) is 76.6 Å². The molecule has 30 heavy (non-hydrogen) atoms. The Balaban J connectivity index is 1.49. The highest BCUT2D eigenvalue weighted by molar-refractivity contribution is 5.77. The first kappa shape index (κ1) is 21.5. The van der Waals surface area contributed by atoms with Crippen molar-refractivity contribution in [3.8, 4) is 0 Å². The molecule has 7 heteroatoms. The first-order valence-corrected chi connectivity index (χ1v) is 11.5. The van der Waals surface area contributed by atoms with Crippen LogP contribution in [0, 0.1) is 5.41 Å². The number of hydrogen-bond donors (Lipinski definition) is 1. The molecule has 7 nitrogen and oxygen atoms in total. The highest BCUT2D eigenvalue weighted by Crippen LogP contribution is 2.40. The predicted octanol–water partition coefficient (Wildman–Crippen LogP) is 3.18. The molecule has 0 radical (unpaired) electrons. The number of morpholine rings is 1. The largest absolute Gasteiger partial charge is 0.378 e. The number of nitrogens with one attached hydrogen (secondary N) is 1. The number of carbonyl (C=O) groups excluding carboxylic acids is 1. The van der Waals surface area contributed by atoms with E-state index in [0.29, 0.717) is 6.42 Å². The number of fused-ring (bicyclic) bond motifs is 1. The van der Waals surface area contributed by atoms with Crippen LogP contribution in [0.2, 0.25) is 0 Å². The highest BCUT2D eigenvalue weighted by Gasteiger charge is 2.35. The van der Waals surface area contributed by atoms with Crippen LogP contribution in [0.25, 0.3) is 0 Å². The van der Waals surface area contributed by atoms with Gasteiger partial charge in [-0.25, -0.2) is 9.97 Å². The van der Waals surface area contributed by atoms with Gasteiger partial charge in [-0.05, 0) is 51.4 Å². The van der Waals surface area contributed by atoms with E-state index in [1.54, 1.807) is 0 Å². The summed E-state index contributed by atoms with van der Waals surface area (Å²) in [6, 6.07) is -0.0450. The van der Waals surface area contributed by atoms with Gasteiger partial charge in [-0.15, -0.1) is 0 Å². The summed E-state index contributed by atoms with van der Waals surface area (Å²) in [5.41, 5.74) is 2.19. The van der Waals surface area contributed by atoms with E-state index in [2.05, 4.69) is 42.9 Å². The Labute approximate surface area is 179 Å². The molecule has 4 atom stereocenters. The quantitative estimate of drug-likeness (QED) is 0.812. The maximum absolute atomic E-state index is 12.7. The van der Waals surface area contributed by atoms with Crippen molar-refractivity contribution in [2.75, 3.05) is 24.6 Å². The summed E-state index contributed by atoms with van der Waals surface area (Å²) in [5, 5.41) is 3.26. The molecule has 1 aromatic rings. The number of hydrogen-bond acceptors (Lipinski definition) is 6. The smallest absolute Gasteiger partial charge is 0.225 e. The van der Waals surface area contributed by atoms with Crippen molar-refractivity contribution in [1.29, 1.82) is 0 Å². The maximum atomic E-state index is 12.7. The van der Waals surface area contributed by atoms with E-state index in [0.717, 1.165) is 69.0 Å². The minimum absolute atomic E-state index is 0.0450. The van der Waals surface area contributed by atoms with Gasteiger partial charge in [0, 0.05) is 31.5 Å². The van der Waals surface area contributed by atoms with Gasteiger partial charge >= 0.3 is 0 Å². The molecule has 1 N–H and O–H groups in total. The third-order valence-corrected chi connectivity index (χ3v) is 6.39. The molecule has 3 aliphatic rings. The van der Waals surface area contributed by atoms with Crippen LogP contribution in [0.15, 0.2) is 6.20 Å². The molecule has 0 bridgehead atoms. The van der Waals surface area contributed by atoms with Crippen LogP contribution in [0.4, 0.5) is 5.95 Å². The van der Waals surface area contributed by atoms with Gasteiger partial charge in [0.1, 0.15) is 0 Å². The molecule has 4 rings (SSSR count). The minimum atomic E-state index is -0.0450. The lowest BCUT2D eigenvalue weighted by molar-refractivity contribution is -0.125. The second-order valence-corrected chi connectivity index (χ2v) is 10.1. The Morgan fingerprint density at radius 1 is 1.27 bits per heavy atom. The van der Waals surface area contributed by atoms with Crippen LogP contribution in [0.3, 0.4) is 0 Å². The van der Waals surface area contributed by atoms with Crippen molar-refractivity contribution >= 4 is 11.9 Å². The van der Waals surface area contributed by atoms with Crippen LogP contribution in [0.1, 0.15) is 77.1 Å². The van der Waals surface area contributed by atoms with Gasteiger partial charge in [0.25, 0.3) is 0 Å². The van der Waals surface area contributed by atoms with E-state index in [4.69, 9.17) is 14.5 Å². The standard InChI is InChI=1S/C23H36N4O3/c1-15-13-27(14-16(2)30-15)22-24-12-18-19(10-23(3,4)11-20(18)26-22)25-21(28)9-17-7-5-6-8-29-17/h12,15-17,19H,5-11,13-14H2,1-4H3,(H,25,28). The third kappa shape index (κ3) is 5.11. The van der Waals surface area contributed by atoms with Gasteiger partial charge in [0.15, 0.2) is 0 Å². The zero-order chi connectivity index (χ0) is 21.3. The Kier molecular flexibility index (Phi) is 6.30. The molecule has 0 aromatic carbocycles. The van der Waals surface area contributed by atoms with E-state index in [1.165, 1.54) is 0 Å². The number of rotatable bonds is 4. The number of anilines is 1. The van der Waals surface area contributed by atoms with Gasteiger partial charge in [-0.3, -0.25) is 4.79 Å². The van der Waals surface area contributed by atoms with Gasteiger partial charge in [0.2, 0.25) is 11.9 Å². The summed E-state index contributed by atoms with van der Waals surface area (Å²) in [6.07, 6.45) is 7.76. The summed E-state index contributed by atoms with van der Waals surface area (Å²) in [4.78, 5) is 24.6. The molecular formula is C23H36N4O3. The third-order valence-electron chi connectivity index (χ3n) is 6.39. The lowest BCUT2D eigenvalue weighted by Gasteiger charge is -2.38. The number of amides is 1. The van der Waals surface area contributed by atoms with Crippen molar-refractivity contribution < 1.29 is 14.3 Å². The Morgan fingerprint density at radius 3 is 2.73 bits per heavy atom. The average molecular weight is 417 g/mol. The fraction of sp³-hybridized carbons (Fsp3) is 0.783. The Morgan fingerprint density at radius 2 is 2.03 bits per heavy atom. The zero-order valence-electron chi connectivity index (χ0n) is 18.8. The normalized spacial score (nSPS) is 31.1. The van der Waals surface area contributed by atoms with Gasteiger partial charge < -0.3 is 19.7 Å². The first-order valence-electron chi connectivity index (χ1n) is 11.5. The van der Waals surface area contributed by atoms with Crippen molar-refractivity contribution in [3.63, 3.8) is 0 Å². The SMILES string of the molecule is CC1CN(c2ncc3c(n2)CC(C)(C)CC3NC(=O)CC2CCCCO2)CC(C)O1. The molecule has 1 aromatic heterocycles. The lowest BCUT2D eigenvalue weighted by Crippen LogP contribution is -2.46. The van der Waals surface area contributed by atoms with Gasteiger partial charge in [0.05, 0.1) is 36.5 Å². The van der Waals surface area contributed by atoms with Gasteiger partial charge in [-0.2, -0.15) is 0 Å². The minimum Gasteiger partial charge on any atom is -0.378 e. The number of nitrogens with zero attached hydrogens (tertiary/aromatic N) is 3. The molecule has 166 valence electrons. The molecule has 4 unspecified atom stereocenters. The van der Waals surface area contributed by atoms with Crippen LogP contribution in [-0.2, 0) is 20.7 Å². The highest BCUT2D eigenvalue weighted by atomic mass is 16.5. The first-order chi connectivity index (χ1) is 14.3. The summed E-state index contributed by atoms with van der Waals surface area (Å²) < 4.78 is 11.6. The molecule has 3 heterocycles.